The number of urea groups is 1. The van der Waals surface area contributed by atoms with E-state index < -0.39 is 0 Å². The molecule has 2 aromatic rings. The first-order chi connectivity index (χ1) is 11.2. The van der Waals surface area contributed by atoms with Gasteiger partial charge in [-0.15, -0.1) is 0 Å². The van der Waals surface area contributed by atoms with E-state index in [9.17, 15) is 4.79 Å². The van der Waals surface area contributed by atoms with Gasteiger partial charge in [0.1, 0.15) is 29.6 Å². The maximum Gasteiger partial charge on any atom is 0.318 e. The molecule has 1 aliphatic heterocycles. The average molecular weight is 319 g/mol. The smallest absolute Gasteiger partial charge is 0.318 e. The Balaban J connectivity index is 1.63. The van der Waals surface area contributed by atoms with Crippen LogP contribution in [-0.2, 0) is 17.9 Å². The van der Waals surface area contributed by atoms with E-state index in [-0.39, 0.29) is 12.1 Å². The lowest BCUT2D eigenvalue weighted by molar-refractivity contribution is 0.156. The minimum atomic E-state index is -0.111. The molecule has 7 heteroatoms. The number of oxazole rings is 1. The first kappa shape index (κ1) is 15.6. The molecule has 1 N–H and O–H groups in total. The summed E-state index contributed by atoms with van der Waals surface area (Å²) in [6, 6.07) is 3.68. The Bertz CT molecular complexity index is 664. The summed E-state index contributed by atoms with van der Waals surface area (Å²) in [5.74, 6) is 2.30. The summed E-state index contributed by atoms with van der Waals surface area (Å²) in [4.78, 5) is 18.4. The molecular formula is C16H21N3O4. The number of carbonyl (C=O) groups is 1. The zero-order valence-electron chi connectivity index (χ0n) is 13.4. The van der Waals surface area contributed by atoms with Crippen molar-refractivity contribution in [1.29, 1.82) is 0 Å². The van der Waals surface area contributed by atoms with Crippen molar-refractivity contribution in [2.45, 2.75) is 39.0 Å². The van der Waals surface area contributed by atoms with Gasteiger partial charge in [0, 0.05) is 13.7 Å². The number of nitrogens with one attached hydrogen (secondary N) is 1. The predicted molar refractivity (Wildman–Crippen MR) is 81.6 cm³/mol. The molecule has 2 aromatic heterocycles. The maximum atomic E-state index is 12.5. The average Bonchev–Trinajstić information content (AvgIpc) is 3.25. The Morgan fingerprint density at radius 2 is 2.39 bits per heavy atom. The largest absolute Gasteiger partial charge is 0.461 e. The number of hydrogen-bond donors (Lipinski definition) is 1. The summed E-state index contributed by atoms with van der Waals surface area (Å²) in [5, 5.41) is 2.90. The van der Waals surface area contributed by atoms with Gasteiger partial charge >= 0.3 is 6.03 Å². The molecule has 2 amide bonds. The first-order valence-corrected chi connectivity index (χ1v) is 7.70. The lowest BCUT2D eigenvalue weighted by atomic mass is 10.2. The van der Waals surface area contributed by atoms with Crippen molar-refractivity contribution in [3.63, 3.8) is 0 Å². The molecule has 0 bridgehead atoms. The monoisotopic (exact) mass is 319 g/mol. The highest BCUT2D eigenvalue weighted by molar-refractivity contribution is 5.75. The number of ether oxygens (including phenoxy) is 1. The van der Waals surface area contributed by atoms with Crippen LogP contribution in [0.25, 0.3) is 0 Å². The van der Waals surface area contributed by atoms with Crippen LogP contribution in [0.4, 0.5) is 4.79 Å². The Hall–Kier alpha value is -2.28. The van der Waals surface area contributed by atoms with Gasteiger partial charge in [0.05, 0.1) is 12.6 Å². The molecule has 1 aliphatic rings. The van der Waals surface area contributed by atoms with Gasteiger partial charge in [-0.25, -0.2) is 9.78 Å². The van der Waals surface area contributed by atoms with Gasteiger partial charge in [-0.3, -0.25) is 0 Å². The Labute approximate surface area is 134 Å². The van der Waals surface area contributed by atoms with Gasteiger partial charge in [0.15, 0.2) is 6.39 Å². The van der Waals surface area contributed by atoms with Crippen LogP contribution in [0.1, 0.15) is 41.9 Å². The van der Waals surface area contributed by atoms with Crippen LogP contribution in [0, 0.1) is 6.92 Å². The molecule has 1 fully saturated rings. The zero-order chi connectivity index (χ0) is 16.2. The third-order valence-electron chi connectivity index (χ3n) is 4.06. The fourth-order valence-electron chi connectivity index (χ4n) is 2.86. The van der Waals surface area contributed by atoms with E-state index in [0.717, 1.165) is 35.8 Å². The molecule has 23 heavy (non-hydrogen) atoms. The molecule has 124 valence electrons. The fraction of sp³-hybridized carbons (Fsp3) is 0.500. The molecule has 0 radical (unpaired) electrons. The molecule has 0 spiro atoms. The molecule has 3 rings (SSSR count). The van der Waals surface area contributed by atoms with Crippen molar-refractivity contribution < 1.29 is 18.4 Å². The normalized spacial score (nSPS) is 17.7. The summed E-state index contributed by atoms with van der Waals surface area (Å²) in [6.07, 6.45) is 3.24. The van der Waals surface area contributed by atoms with E-state index in [4.69, 9.17) is 13.6 Å². The molecule has 7 nitrogen and oxygen atoms in total. The number of aromatic nitrogens is 1. The van der Waals surface area contributed by atoms with Gasteiger partial charge in [0.2, 0.25) is 0 Å². The highest BCUT2D eigenvalue weighted by Crippen LogP contribution is 2.33. The van der Waals surface area contributed by atoms with E-state index in [1.807, 2.05) is 24.0 Å². The van der Waals surface area contributed by atoms with Crippen LogP contribution in [0.15, 0.2) is 27.4 Å². The summed E-state index contributed by atoms with van der Waals surface area (Å²) < 4.78 is 16.0. The fourth-order valence-corrected chi connectivity index (χ4v) is 2.86. The quantitative estimate of drug-likeness (QED) is 0.916. The molecule has 0 saturated carbocycles. The third kappa shape index (κ3) is 3.39. The second-order valence-corrected chi connectivity index (χ2v) is 5.60. The van der Waals surface area contributed by atoms with Crippen molar-refractivity contribution in [3.8, 4) is 0 Å². The number of rotatable bonds is 5. The van der Waals surface area contributed by atoms with E-state index in [2.05, 4.69) is 10.3 Å². The standard InChI is InChI=1S/C16H21N3O4/c1-11-13(18-10-22-11)8-17-16(20)19-7-3-4-14(19)15-6-5-12(23-15)9-21-2/h5-6,10,14H,3-4,7-9H2,1-2H3,(H,17,20). The van der Waals surface area contributed by atoms with E-state index >= 15 is 0 Å². The number of furan rings is 1. The minimum absolute atomic E-state index is 0.0287. The molecule has 0 aliphatic carbocycles. The third-order valence-corrected chi connectivity index (χ3v) is 4.06. The number of amides is 2. The van der Waals surface area contributed by atoms with Crippen molar-refractivity contribution in [2.24, 2.45) is 0 Å². The van der Waals surface area contributed by atoms with Crippen molar-refractivity contribution in [2.75, 3.05) is 13.7 Å². The number of hydrogen-bond acceptors (Lipinski definition) is 5. The first-order valence-electron chi connectivity index (χ1n) is 7.70. The van der Waals surface area contributed by atoms with Crippen molar-refractivity contribution in [3.05, 3.63) is 41.5 Å². The topological polar surface area (TPSA) is 80.7 Å². The minimum Gasteiger partial charge on any atom is -0.461 e. The second-order valence-electron chi connectivity index (χ2n) is 5.60. The Morgan fingerprint density at radius 3 is 3.13 bits per heavy atom. The van der Waals surface area contributed by atoms with E-state index in [1.165, 1.54) is 6.39 Å². The maximum absolute atomic E-state index is 12.5. The molecule has 1 unspecified atom stereocenters. The summed E-state index contributed by atoms with van der Waals surface area (Å²) >= 11 is 0. The van der Waals surface area contributed by atoms with Gasteiger partial charge in [0.25, 0.3) is 0 Å². The second kappa shape index (κ2) is 6.87. The SMILES string of the molecule is COCc1ccc(C2CCCN2C(=O)NCc2ncoc2C)o1. The molecule has 0 aromatic carbocycles. The van der Waals surface area contributed by atoms with Crippen molar-refractivity contribution in [1.82, 2.24) is 15.2 Å². The Kier molecular flexibility index (Phi) is 4.66. The highest BCUT2D eigenvalue weighted by atomic mass is 16.5. The molecule has 3 heterocycles. The summed E-state index contributed by atoms with van der Waals surface area (Å²) in [7, 11) is 1.63. The number of methoxy groups -OCH3 is 1. The highest BCUT2D eigenvalue weighted by Gasteiger charge is 2.32. The molecule has 1 saturated heterocycles. The summed E-state index contributed by atoms with van der Waals surface area (Å²) in [5.41, 5.74) is 0.745. The van der Waals surface area contributed by atoms with Crippen LogP contribution >= 0.6 is 0 Å². The van der Waals surface area contributed by atoms with Crippen LogP contribution in [-0.4, -0.2) is 29.6 Å². The van der Waals surface area contributed by atoms with Crippen LogP contribution in [0.5, 0.6) is 0 Å². The van der Waals surface area contributed by atoms with Crippen LogP contribution in [0.2, 0.25) is 0 Å². The Morgan fingerprint density at radius 1 is 1.52 bits per heavy atom. The number of likely N-dealkylation sites (tertiary alicyclic amines) is 1. The number of nitrogens with zero attached hydrogens (tertiary/aromatic N) is 2. The van der Waals surface area contributed by atoms with Gasteiger partial charge in [-0.05, 0) is 31.9 Å². The summed E-state index contributed by atoms with van der Waals surface area (Å²) in [6.45, 7) is 3.34. The van der Waals surface area contributed by atoms with Crippen LogP contribution < -0.4 is 5.32 Å². The van der Waals surface area contributed by atoms with Crippen LogP contribution in [0.3, 0.4) is 0 Å². The molecule has 1 atom stereocenters. The van der Waals surface area contributed by atoms with E-state index in [0.29, 0.717) is 19.7 Å². The zero-order valence-corrected chi connectivity index (χ0v) is 13.4. The van der Waals surface area contributed by atoms with Gasteiger partial charge in [-0.2, -0.15) is 0 Å². The molecular weight excluding hydrogens is 298 g/mol. The number of aryl methyl sites for hydroxylation is 1. The number of carbonyl (C=O) groups excluding carboxylic acids is 1. The van der Waals surface area contributed by atoms with Crippen molar-refractivity contribution >= 4 is 6.03 Å². The van der Waals surface area contributed by atoms with Gasteiger partial charge in [-0.1, -0.05) is 0 Å². The van der Waals surface area contributed by atoms with Gasteiger partial charge < -0.3 is 23.8 Å². The lowest BCUT2D eigenvalue weighted by Crippen LogP contribution is -2.39. The predicted octanol–water partition coefficient (Wildman–Crippen LogP) is 2.77. The lowest BCUT2D eigenvalue weighted by Gasteiger charge is -2.23. The van der Waals surface area contributed by atoms with E-state index in [1.54, 1.807) is 7.11 Å².